The Morgan fingerprint density at radius 1 is 0.438 bits per heavy atom. The second-order valence-electron chi connectivity index (χ2n) is 12.9. The standard InChI is InChI=1S/C28H54N4/c1-17-15-21(7-13-25(17)31)28(22-8-14-26(32)18(2)16-22)27(19-3-9-23(29)10-4-19)20-5-11-24(30)12-6-20/h17-28H,3-16,29-32H2,1-2H3. The molecule has 4 aliphatic rings. The van der Waals surface area contributed by atoms with E-state index >= 15 is 0 Å². The van der Waals surface area contributed by atoms with Crippen LogP contribution in [0.15, 0.2) is 0 Å². The highest BCUT2D eigenvalue weighted by molar-refractivity contribution is 4.98. The van der Waals surface area contributed by atoms with Crippen LogP contribution in [-0.4, -0.2) is 24.2 Å². The third-order valence-electron chi connectivity index (χ3n) is 10.8. The first-order valence-corrected chi connectivity index (χ1v) is 14.4. The molecule has 0 saturated heterocycles. The summed E-state index contributed by atoms with van der Waals surface area (Å²) in [5.74, 6) is 6.51. The lowest BCUT2D eigenvalue weighted by Crippen LogP contribution is -2.48. The molecule has 0 amide bonds. The largest absolute Gasteiger partial charge is 0.328 e. The minimum atomic E-state index is 0.407. The normalized spacial score (nSPS) is 48.2. The molecule has 0 aromatic rings. The van der Waals surface area contributed by atoms with Crippen molar-refractivity contribution in [2.24, 2.45) is 70.3 Å². The summed E-state index contributed by atoms with van der Waals surface area (Å²) in [6.45, 7) is 4.84. The molecule has 32 heavy (non-hydrogen) atoms. The van der Waals surface area contributed by atoms with E-state index in [-0.39, 0.29) is 0 Å². The summed E-state index contributed by atoms with van der Waals surface area (Å²) in [5, 5.41) is 0. The lowest BCUT2D eigenvalue weighted by atomic mass is 9.54. The first kappa shape index (κ1) is 24.9. The zero-order valence-corrected chi connectivity index (χ0v) is 21.1. The van der Waals surface area contributed by atoms with Crippen LogP contribution in [0.5, 0.6) is 0 Å². The average molecular weight is 447 g/mol. The van der Waals surface area contributed by atoms with Crippen LogP contribution < -0.4 is 22.9 Å². The Hall–Kier alpha value is -0.160. The number of nitrogens with two attached hydrogens (primary N) is 4. The fourth-order valence-corrected chi connectivity index (χ4v) is 8.71. The second-order valence-corrected chi connectivity index (χ2v) is 12.9. The maximum absolute atomic E-state index is 6.51. The van der Waals surface area contributed by atoms with Gasteiger partial charge in [-0.25, -0.2) is 0 Å². The van der Waals surface area contributed by atoms with E-state index in [0.717, 1.165) is 35.5 Å². The first-order valence-electron chi connectivity index (χ1n) is 14.4. The van der Waals surface area contributed by atoms with Crippen molar-refractivity contribution in [3.63, 3.8) is 0 Å². The quantitative estimate of drug-likeness (QED) is 0.488. The van der Waals surface area contributed by atoms with E-state index in [1.165, 1.54) is 89.9 Å². The molecule has 6 unspecified atom stereocenters. The fraction of sp³-hybridized carbons (Fsp3) is 1.00. The monoisotopic (exact) mass is 446 g/mol. The summed E-state index contributed by atoms with van der Waals surface area (Å²) in [6.07, 6.45) is 18.2. The zero-order chi connectivity index (χ0) is 22.8. The van der Waals surface area contributed by atoms with Crippen LogP contribution in [-0.2, 0) is 0 Å². The van der Waals surface area contributed by atoms with Gasteiger partial charge in [0.15, 0.2) is 0 Å². The van der Waals surface area contributed by atoms with Crippen LogP contribution in [0.3, 0.4) is 0 Å². The maximum Gasteiger partial charge on any atom is 0.00647 e. The van der Waals surface area contributed by atoms with Gasteiger partial charge in [0.1, 0.15) is 0 Å². The molecule has 0 bridgehead atoms. The molecule has 4 saturated carbocycles. The van der Waals surface area contributed by atoms with Gasteiger partial charge in [-0.1, -0.05) is 13.8 Å². The summed E-state index contributed by atoms with van der Waals surface area (Å²) < 4.78 is 0. The van der Waals surface area contributed by atoms with Crippen molar-refractivity contribution in [2.45, 2.75) is 128 Å². The van der Waals surface area contributed by atoms with Gasteiger partial charge in [0.2, 0.25) is 0 Å². The molecule has 0 heterocycles. The second kappa shape index (κ2) is 11.1. The van der Waals surface area contributed by atoms with Crippen LogP contribution >= 0.6 is 0 Å². The Kier molecular flexibility index (Phi) is 8.62. The molecule has 4 nitrogen and oxygen atoms in total. The van der Waals surface area contributed by atoms with Gasteiger partial charge >= 0.3 is 0 Å². The number of hydrogen-bond acceptors (Lipinski definition) is 4. The van der Waals surface area contributed by atoms with Gasteiger partial charge in [-0.05, 0) is 137 Å². The molecule has 4 heteroatoms. The predicted molar refractivity (Wildman–Crippen MR) is 136 cm³/mol. The van der Waals surface area contributed by atoms with Crippen LogP contribution in [0, 0.1) is 47.3 Å². The van der Waals surface area contributed by atoms with Crippen molar-refractivity contribution in [1.29, 1.82) is 0 Å². The van der Waals surface area contributed by atoms with Crippen LogP contribution in [0.2, 0.25) is 0 Å². The summed E-state index contributed by atoms with van der Waals surface area (Å²) in [5.41, 5.74) is 25.8. The van der Waals surface area contributed by atoms with Crippen LogP contribution in [0.25, 0.3) is 0 Å². The molecule has 186 valence electrons. The fourth-order valence-electron chi connectivity index (χ4n) is 8.71. The van der Waals surface area contributed by atoms with Crippen LogP contribution in [0.1, 0.15) is 104 Å². The molecule has 0 aromatic heterocycles. The van der Waals surface area contributed by atoms with Gasteiger partial charge in [0.05, 0.1) is 0 Å². The molecular formula is C28H54N4. The Morgan fingerprint density at radius 3 is 1.09 bits per heavy atom. The van der Waals surface area contributed by atoms with Gasteiger partial charge in [-0.2, -0.15) is 0 Å². The lowest BCUT2D eigenvalue weighted by molar-refractivity contribution is -0.0182. The first-order chi connectivity index (χ1) is 15.3. The summed E-state index contributed by atoms with van der Waals surface area (Å²) in [7, 11) is 0. The van der Waals surface area contributed by atoms with Crippen molar-refractivity contribution in [3.8, 4) is 0 Å². The van der Waals surface area contributed by atoms with E-state index in [9.17, 15) is 0 Å². The third-order valence-corrected chi connectivity index (χ3v) is 10.8. The van der Waals surface area contributed by atoms with E-state index in [2.05, 4.69) is 13.8 Å². The molecule has 6 atom stereocenters. The Bertz CT molecular complexity index is 518. The van der Waals surface area contributed by atoms with Gasteiger partial charge in [0.25, 0.3) is 0 Å². The maximum atomic E-state index is 6.51. The van der Waals surface area contributed by atoms with Gasteiger partial charge < -0.3 is 22.9 Å². The molecular weight excluding hydrogens is 392 g/mol. The van der Waals surface area contributed by atoms with Crippen molar-refractivity contribution in [3.05, 3.63) is 0 Å². The van der Waals surface area contributed by atoms with E-state index < -0.39 is 0 Å². The highest BCUT2D eigenvalue weighted by Gasteiger charge is 2.46. The van der Waals surface area contributed by atoms with E-state index in [1.54, 1.807) is 0 Å². The molecule has 0 aromatic carbocycles. The van der Waals surface area contributed by atoms with Crippen molar-refractivity contribution in [1.82, 2.24) is 0 Å². The number of rotatable bonds is 5. The minimum Gasteiger partial charge on any atom is -0.328 e. The van der Waals surface area contributed by atoms with E-state index in [4.69, 9.17) is 22.9 Å². The summed E-state index contributed by atoms with van der Waals surface area (Å²) >= 11 is 0. The molecule has 0 radical (unpaired) electrons. The molecule has 0 spiro atoms. The minimum absolute atomic E-state index is 0.407. The van der Waals surface area contributed by atoms with E-state index in [1.807, 2.05) is 0 Å². The predicted octanol–water partition coefficient (Wildman–Crippen LogP) is 4.78. The molecule has 4 rings (SSSR count). The van der Waals surface area contributed by atoms with Crippen molar-refractivity contribution >= 4 is 0 Å². The Labute approximate surface area is 198 Å². The van der Waals surface area contributed by atoms with Crippen molar-refractivity contribution in [2.75, 3.05) is 0 Å². The Balaban J connectivity index is 1.63. The van der Waals surface area contributed by atoms with Gasteiger partial charge in [-0.3, -0.25) is 0 Å². The average Bonchev–Trinajstić information content (AvgIpc) is 2.78. The highest BCUT2D eigenvalue weighted by Crippen LogP contribution is 2.53. The topological polar surface area (TPSA) is 104 Å². The smallest absolute Gasteiger partial charge is 0.00647 e. The summed E-state index contributed by atoms with van der Waals surface area (Å²) in [4.78, 5) is 0. The molecule has 4 fully saturated rings. The Morgan fingerprint density at radius 2 is 0.750 bits per heavy atom. The molecule has 0 aliphatic heterocycles. The third kappa shape index (κ3) is 5.73. The molecule has 4 aliphatic carbocycles. The molecule has 8 N–H and O–H groups in total. The lowest BCUT2D eigenvalue weighted by Gasteiger charge is -2.52. The highest BCUT2D eigenvalue weighted by atomic mass is 14.7. The van der Waals surface area contributed by atoms with Crippen LogP contribution in [0.4, 0.5) is 0 Å². The zero-order valence-electron chi connectivity index (χ0n) is 21.1. The number of hydrogen-bond donors (Lipinski definition) is 4. The SMILES string of the molecule is CC1CC(C(C2CCC(N)C(C)C2)C(C2CCC(N)CC2)C2CCC(N)CC2)CCC1N. The van der Waals surface area contributed by atoms with Gasteiger partial charge in [0, 0.05) is 24.2 Å². The van der Waals surface area contributed by atoms with E-state index in [0.29, 0.717) is 36.0 Å². The van der Waals surface area contributed by atoms with Crippen molar-refractivity contribution < 1.29 is 0 Å². The van der Waals surface area contributed by atoms with Gasteiger partial charge in [-0.15, -0.1) is 0 Å². The summed E-state index contributed by atoms with van der Waals surface area (Å²) in [6, 6.07) is 1.69.